The van der Waals surface area contributed by atoms with E-state index in [2.05, 4.69) is 0 Å². The van der Waals surface area contributed by atoms with Crippen LogP contribution in [-0.2, 0) is 14.8 Å². The standard InChI is InChI=1S/C17H25ClN2O4S/c1-5-20(6-2)25(22,23)13-7-8-15(18)14(11-13)16(21)19-9-10-24-17(3,4)12-19/h7-8,11H,5-6,9-10,12H2,1-4H3. The summed E-state index contributed by atoms with van der Waals surface area (Å²) in [5.41, 5.74) is -0.238. The first kappa shape index (κ1) is 20.2. The third kappa shape index (κ3) is 4.34. The highest BCUT2D eigenvalue weighted by Crippen LogP contribution is 2.26. The zero-order valence-electron chi connectivity index (χ0n) is 15.1. The fraction of sp³-hybridized carbons (Fsp3) is 0.588. The average Bonchev–Trinajstić information content (AvgIpc) is 2.54. The van der Waals surface area contributed by atoms with Gasteiger partial charge in [-0.15, -0.1) is 0 Å². The maximum Gasteiger partial charge on any atom is 0.255 e. The molecule has 25 heavy (non-hydrogen) atoms. The number of amides is 1. The molecule has 0 N–H and O–H groups in total. The zero-order valence-corrected chi connectivity index (χ0v) is 16.7. The van der Waals surface area contributed by atoms with E-state index in [-0.39, 0.29) is 21.4 Å². The zero-order chi connectivity index (χ0) is 18.8. The number of sulfonamides is 1. The van der Waals surface area contributed by atoms with Gasteiger partial charge in [-0.3, -0.25) is 4.79 Å². The number of morpholine rings is 1. The molecule has 0 atom stereocenters. The van der Waals surface area contributed by atoms with Crippen molar-refractivity contribution in [3.05, 3.63) is 28.8 Å². The Balaban J connectivity index is 2.38. The third-order valence-electron chi connectivity index (χ3n) is 4.22. The quantitative estimate of drug-likeness (QED) is 0.777. The van der Waals surface area contributed by atoms with E-state index >= 15 is 0 Å². The number of rotatable bonds is 5. The van der Waals surface area contributed by atoms with Crippen molar-refractivity contribution in [1.29, 1.82) is 0 Å². The van der Waals surface area contributed by atoms with Crippen LogP contribution in [0.3, 0.4) is 0 Å². The largest absolute Gasteiger partial charge is 0.372 e. The van der Waals surface area contributed by atoms with E-state index in [0.717, 1.165) is 0 Å². The van der Waals surface area contributed by atoms with Gasteiger partial charge >= 0.3 is 0 Å². The molecule has 0 saturated carbocycles. The van der Waals surface area contributed by atoms with Crippen molar-refractivity contribution in [2.24, 2.45) is 0 Å². The lowest BCUT2D eigenvalue weighted by Crippen LogP contribution is -2.50. The fourth-order valence-corrected chi connectivity index (χ4v) is 4.58. The summed E-state index contributed by atoms with van der Waals surface area (Å²) in [4.78, 5) is 14.6. The Morgan fingerprint density at radius 2 is 1.96 bits per heavy atom. The van der Waals surface area contributed by atoms with Gasteiger partial charge in [0.05, 0.1) is 27.7 Å². The lowest BCUT2D eigenvalue weighted by molar-refractivity contribution is -0.0764. The Hall–Kier alpha value is -1.15. The van der Waals surface area contributed by atoms with Gasteiger partial charge in [0.15, 0.2) is 0 Å². The van der Waals surface area contributed by atoms with E-state index in [0.29, 0.717) is 32.8 Å². The summed E-state index contributed by atoms with van der Waals surface area (Å²) in [6, 6.07) is 4.29. The number of nitrogens with zero attached hydrogens (tertiary/aromatic N) is 2. The van der Waals surface area contributed by atoms with E-state index in [1.165, 1.54) is 22.5 Å². The van der Waals surface area contributed by atoms with Crippen molar-refractivity contribution < 1.29 is 17.9 Å². The maximum atomic E-state index is 12.9. The molecule has 1 saturated heterocycles. The normalized spacial score (nSPS) is 17.8. The summed E-state index contributed by atoms with van der Waals surface area (Å²) in [6.45, 7) is 9.42. The molecule has 1 aliphatic rings. The van der Waals surface area contributed by atoms with Crippen molar-refractivity contribution >= 4 is 27.5 Å². The first-order valence-corrected chi connectivity index (χ1v) is 10.2. The van der Waals surface area contributed by atoms with Crippen molar-refractivity contribution in [2.45, 2.75) is 38.2 Å². The number of ether oxygens (including phenoxy) is 1. The van der Waals surface area contributed by atoms with Crippen molar-refractivity contribution in [3.8, 4) is 0 Å². The van der Waals surface area contributed by atoms with Gasteiger partial charge in [0, 0.05) is 26.2 Å². The molecule has 0 bridgehead atoms. The van der Waals surface area contributed by atoms with Crippen LogP contribution >= 0.6 is 11.6 Å². The highest BCUT2D eigenvalue weighted by atomic mass is 35.5. The molecule has 140 valence electrons. The average molecular weight is 389 g/mol. The lowest BCUT2D eigenvalue weighted by atomic mass is 10.1. The molecular weight excluding hydrogens is 364 g/mol. The SMILES string of the molecule is CCN(CC)S(=O)(=O)c1ccc(Cl)c(C(=O)N2CCOC(C)(C)C2)c1. The monoisotopic (exact) mass is 388 g/mol. The Morgan fingerprint density at radius 3 is 2.52 bits per heavy atom. The minimum Gasteiger partial charge on any atom is -0.372 e. The van der Waals surface area contributed by atoms with Crippen LogP contribution < -0.4 is 0 Å². The van der Waals surface area contributed by atoms with E-state index in [9.17, 15) is 13.2 Å². The molecule has 0 radical (unpaired) electrons. The summed E-state index contributed by atoms with van der Waals surface area (Å²) >= 11 is 6.19. The van der Waals surface area contributed by atoms with Crippen LogP contribution in [-0.4, -0.2) is 61.9 Å². The van der Waals surface area contributed by atoms with Gasteiger partial charge in [-0.25, -0.2) is 8.42 Å². The van der Waals surface area contributed by atoms with Crippen LogP contribution in [0, 0.1) is 0 Å². The van der Waals surface area contributed by atoms with Gasteiger partial charge in [-0.2, -0.15) is 4.31 Å². The number of halogens is 1. The molecule has 0 aliphatic carbocycles. The second-order valence-corrected chi connectivity index (χ2v) is 8.91. The predicted octanol–water partition coefficient (Wildman–Crippen LogP) is 2.62. The molecule has 2 rings (SSSR count). The molecule has 1 aromatic rings. The van der Waals surface area contributed by atoms with Crippen LogP contribution in [0.25, 0.3) is 0 Å². The minimum absolute atomic E-state index is 0.0801. The molecular formula is C17H25ClN2O4S. The number of benzene rings is 1. The van der Waals surface area contributed by atoms with Crippen molar-refractivity contribution in [2.75, 3.05) is 32.8 Å². The summed E-state index contributed by atoms with van der Waals surface area (Å²) < 4.78 is 32.4. The minimum atomic E-state index is -3.65. The Bertz CT molecular complexity index is 745. The van der Waals surface area contributed by atoms with Gasteiger partial charge in [0.25, 0.3) is 5.91 Å². The van der Waals surface area contributed by atoms with Gasteiger partial charge in [0.2, 0.25) is 10.0 Å². The Morgan fingerprint density at radius 1 is 1.32 bits per heavy atom. The molecule has 8 heteroatoms. The van der Waals surface area contributed by atoms with Gasteiger partial charge in [-0.1, -0.05) is 25.4 Å². The molecule has 6 nitrogen and oxygen atoms in total. The molecule has 1 aliphatic heterocycles. The highest BCUT2D eigenvalue weighted by Gasteiger charge is 2.32. The first-order valence-electron chi connectivity index (χ1n) is 8.35. The molecule has 1 fully saturated rings. The predicted molar refractivity (Wildman–Crippen MR) is 97.5 cm³/mol. The number of carbonyl (C=O) groups is 1. The number of carbonyl (C=O) groups excluding carboxylic acids is 1. The highest BCUT2D eigenvalue weighted by molar-refractivity contribution is 7.89. The second kappa shape index (κ2) is 7.61. The number of hydrogen-bond acceptors (Lipinski definition) is 4. The van der Waals surface area contributed by atoms with Crippen LogP contribution in [0.4, 0.5) is 0 Å². The van der Waals surface area contributed by atoms with Crippen LogP contribution in [0.15, 0.2) is 23.1 Å². The molecule has 1 heterocycles. The fourth-order valence-electron chi connectivity index (χ4n) is 2.90. The second-order valence-electron chi connectivity index (χ2n) is 6.57. The van der Waals surface area contributed by atoms with Crippen LogP contribution in [0.1, 0.15) is 38.1 Å². The van der Waals surface area contributed by atoms with Crippen molar-refractivity contribution in [3.63, 3.8) is 0 Å². The Labute approximate surface area is 154 Å². The van der Waals surface area contributed by atoms with Gasteiger partial charge < -0.3 is 9.64 Å². The molecule has 0 unspecified atom stereocenters. The molecule has 0 aromatic heterocycles. The first-order chi connectivity index (χ1) is 11.6. The smallest absolute Gasteiger partial charge is 0.255 e. The maximum absolute atomic E-state index is 12.9. The Kier molecular flexibility index (Phi) is 6.14. The van der Waals surface area contributed by atoms with E-state index < -0.39 is 15.6 Å². The summed E-state index contributed by atoms with van der Waals surface area (Å²) in [5.74, 6) is -0.280. The van der Waals surface area contributed by atoms with Crippen LogP contribution in [0.2, 0.25) is 5.02 Å². The van der Waals surface area contributed by atoms with E-state index in [1.54, 1.807) is 18.7 Å². The van der Waals surface area contributed by atoms with E-state index in [4.69, 9.17) is 16.3 Å². The topological polar surface area (TPSA) is 66.9 Å². The summed E-state index contributed by atoms with van der Waals surface area (Å²) in [5, 5.41) is 0.243. The summed E-state index contributed by atoms with van der Waals surface area (Å²) in [6.07, 6.45) is 0. The van der Waals surface area contributed by atoms with Crippen molar-refractivity contribution in [1.82, 2.24) is 9.21 Å². The van der Waals surface area contributed by atoms with Gasteiger partial charge in [0.1, 0.15) is 0 Å². The van der Waals surface area contributed by atoms with Crippen LogP contribution in [0.5, 0.6) is 0 Å². The summed E-state index contributed by atoms with van der Waals surface area (Å²) in [7, 11) is -3.65. The molecule has 0 spiro atoms. The lowest BCUT2D eigenvalue weighted by Gasteiger charge is -2.38. The molecule has 1 amide bonds. The third-order valence-corrected chi connectivity index (χ3v) is 6.60. The number of hydrogen-bond donors (Lipinski definition) is 0. The van der Waals surface area contributed by atoms with E-state index in [1.807, 2.05) is 13.8 Å². The molecule has 1 aromatic carbocycles. The van der Waals surface area contributed by atoms with Gasteiger partial charge in [-0.05, 0) is 32.0 Å².